The molecular weight excluding hydrogens is 595 g/mol. The maximum absolute atomic E-state index is 11.0. The number of pyridine rings is 2. The summed E-state index contributed by atoms with van der Waals surface area (Å²) in [6.07, 6.45) is 4.12. The van der Waals surface area contributed by atoms with Gasteiger partial charge in [0, 0.05) is 38.2 Å². The number of nitrogens with zero attached hydrogens (tertiary/aromatic N) is 3. The van der Waals surface area contributed by atoms with Gasteiger partial charge in [-0.05, 0) is 35.7 Å². The number of nitrogen functional groups attached to an aromatic ring is 1. The average Bonchev–Trinajstić information content (AvgIpc) is 3.47. The van der Waals surface area contributed by atoms with E-state index >= 15 is 0 Å². The van der Waals surface area contributed by atoms with Crippen molar-refractivity contribution in [2.24, 2.45) is 5.73 Å². The molecule has 44 heavy (non-hydrogen) atoms. The molecule has 16 heteroatoms. The molecule has 1 amide bonds. The van der Waals surface area contributed by atoms with Crippen LogP contribution in [0.25, 0.3) is 11.3 Å². The summed E-state index contributed by atoms with van der Waals surface area (Å²) >= 11 is 0. The van der Waals surface area contributed by atoms with Gasteiger partial charge in [0.2, 0.25) is 18.5 Å². The zero-order chi connectivity index (χ0) is 32.1. The first kappa shape index (κ1) is 33.8. The summed E-state index contributed by atoms with van der Waals surface area (Å²) in [5, 5.41) is 14.8. The van der Waals surface area contributed by atoms with Crippen LogP contribution in [0.2, 0.25) is 0 Å². The van der Waals surface area contributed by atoms with Gasteiger partial charge in [0.05, 0.1) is 11.9 Å². The smallest absolute Gasteiger partial charge is 0.472 e. The number of carboxylic acids is 1. The lowest BCUT2D eigenvalue weighted by Gasteiger charge is -2.07. The Balaban J connectivity index is 0.000000411. The number of ether oxygens (including phenoxy) is 1. The van der Waals surface area contributed by atoms with Gasteiger partial charge in [-0.3, -0.25) is 15.3 Å². The zero-order valence-electron chi connectivity index (χ0n) is 23.8. The molecule has 0 saturated carbocycles. The number of hydrogen-bond acceptors (Lipinski definition) is 10. The Morgan fingerprint density at radius 2 is 1.84 bits per heavy atom. The normalized spacial score (nSPS) is 11.6. The maximum Gasteiger partial charge on any atom is 0.472 e. The monoisotopic (exact) mass is 629 g/mol. The fraction of sp³-hybridized carbons (Fsp3) is 0.250. The highest BCUT2D eigenvalue weighted by Gasteiger charge is 2.21. The highest BCUT2D eigenvalue weighted by molar-refractivity contribution is 7.46. The number of amides is 1. The highest BCUT2D eigenvalue weighted by Crippen LogP contribution is 2.35. The molecule has 0 radical (unpaired) electrons. The molecule has 0 bridgehead atoms. The van der Waals surface area contributed by atoms with Crippen LogP contribution in [0.1, 0.15) is 29.7 Å². The molecule has 0 unspecified atom stereocenters. The van der Waals surface area contributed by atoms with E-state index in [2.05, 4.69) is 20.0 Å². The third-order valence-electron chi connectivity index (χ3n) is 6.01. The largest absolute Gasteiger partial charge is 0.480 e. The Kier molecular flexibility index (Phi) is 12.5. The average molecular weight is 630 g/mol. The van der Waals surface area contributed by atoms with Gasteiger partial charge in [0.1, 0.15) is 18.2 Å². The van der Waals surface area contributed by atoms with E-state index < -0.39 is 26.6 Å². The lowest BCUT2D eigenvalue weighted by atomic mass is 10.1. The SMILES string of the molecule is CNC(=O)CC[C@@H](N)C(=O)O.Nc1c(-c2cc(Cc3ccc(COc4ccccn4)cc3)no2)ccc[n+]1COP(=O)(O)O. The quantitative estimate of drug-likeness (QED) is 0.0914. The summed E-state index contributed by atoms with van der Waals surface area (Å²) in [5.41, 5.74) is 14.6. The number of carbonyl (C=O) groups is 2. The van der Waals surface area contributed by atoms with Crippen molar-refractivity contribution in [3.05, 3.63) is 89.9 Å². The second-order valence-corrected chi connectivity index (χ2v) is 10.6. The number of anilines is 1. The number of hydrogen-bond donors (Lipinski definition) is 6. The van der Waals surface area contributed by atoms with Crippen LogP contribution in [0.5, 0.6) is 5.88 Å². The lowest BCUT2D eigenvalue weighted by molar-refractivity contribution is -0.711. The van der Waals surface area contributed by atoms with E-state index in [4.69, 9.17) is 35.6 Å². The first-order valence-electron chi connectivity index (χ1n) is 13.2. The minimum atomic E-state index is -4.62. The van der Waals surface area contributed by atoms with Crippen LogP contribution in [0.4, 0.5) is 5.82 Å². The molecule has 0 aliphatic heterocycles. The summed E-state index contributed by atoms with van der Waals surface area (Å²) in [7, 11) is -3.13. The predicted octanol–water partition coefficient (Wildman–Crippen LogP) is 1.77. The first-order valence-corrected chi connectivity index (χ1v) is 14.7. The van der Waals surface area contributed by atoms with Crippen molar-refractivity contribution in [3.8, 4) is 17.2 Å². The van der Waals surface area contributed by atoms with E-state index in [1.165, 1.54) is 11.6 Å². The lowest BCUT2D eigenvalue weighted by Crippen LogP contribution is -2.38. The molecule has 15 nitrogen and oxygen atoms in total. The number of benzene rings is 1. The predicted molar refractivity (Wildman–Crippen MR) is 156 cm³/mol. The number of carboxylic acid groups (broad SMARTS) is 1. The summed E-state index contributed by atoms with van der Waals surface area (Å²) in [6, 6.07) is 17.7. The van der Waals surface area contributed by atoms with Crippen LogP contribution in [-0.4, -0.2) is 50.0 Å². The second kappa shape index (κ2) is 16.3. The fourth-order valence-corrected chi connectivity index (χ4v) is 3.91. The third kappa shape index (κ3) is 11.2. The Morgan fingerprint density at radius 1 is 1.11 bits per heavy atom. The van der Waals surface area contributed by atoms with E-state index in [1.807, 2.05) is 42.5 Å². The summed E-state index contributed by atoms with van der Waals surface area (Å²) in [5.74, 6) is -0.0265. The van der Waals surface area contributed by atoms with Crippen molar-refractivity contribution in [1.82, 2.24) is 15.5 Å². The van der Waals surface area contributed by atoms with Crippen molar-refractivity contribution in [2.45, 2.75) is 38.6 Å². The summed E-state index contributed by atoms with van der Waals surface area (Å²) in [6.45, 7) is 0.0196. The Hall–Kier alpha value is -4.66. The number of aliphatic carboxylic acids is 1. The minimum Gasteiger partial charge on any atom is -0.480 e. The van der Waals surface area contributed by atoms with Gasteiger partial charge in [0.25, 0.3) is 5.82 Å². The van der Waals surface area contributed by atoms with Crippen molar-refractivity contribution >= 4 is 25.5 Å². The standard InChI is InChI=1S/C22H21N4O6P.C6H12N2O3/c23-22-19(4-3-11-26(22)15-31-33(27,28)29)20-13-18(25-32-20)12-16-6-8-17(9-7-16)14-30-21-5-1-2-10-24-21;1-8-5(9)3-2-4(7)6(10)11/h1-11,13,23H,12,14-15H2,(H2,27,28,29);4H,2-3,7H2,1H3,(H,8,9)(H,10,11)/p+1/t;4-/m.1/s1. The number of nitrogens with one attached hydrogen (secondary N) is 1. The van der Waals surface area contributed by atoms with Gasteiger partial charge in [-0.15, -0.1) is 0 Å². The first-order chi connectivity index (χ1) is 20.9. The van der Waals surface area contributed by atoms with E-state index in [-0.39, 0.29) is 24.6 Å². The Bertz CT molecular complexity index is 1560. The Labute approximate surface area is 252 Å². The molecule has 4 aromatic rings. The van der Waals surface area contributed by atoms with Crippen LogP contribution in [-0.2, 0) is 38.4 Å². The van der Waals surface area contributed by atoms with Crippen LogP contribution in [0.3, 0.4) is 0 Å². The molecule has 3 heterocycles. The third-order valence-corrected chi connectivity index (χ3v) is 6.47. The van der Waals surface area contributed by atoms with Crippen LogP contribution < -0.4 is 26.1 Å². The van der Waals surface area contributed by atoms with Gasteiger partial charge in [-0.2, -0.15) is 0 Å². The van der Waals surface area contributed by atoms with Crippen LogP contribution in [0, 0.1) is 0 Å². The van der Waals surface area contributed by atoms with E-state index in [0.29, 0.717) is 35.9 Å². The van der Waals surface area contributed by atoms with E-state index in [1.54, 1.807) is 30.6 Å². The summed E-state index contributed by atoms with van der Waals surface area (Å²) < 4.78 is 27.9. The van der Waals surface area contributed by atoms with E-state index in [9.17, 15) is 14.2 Å². The van der Waals surface area contributed by atoms with E-state index in [0.717, 1.165) is 11.1 Å². The Morgan fingerprint density at radius 3 is 2.48 bits per heavy atom. The topological polar surface area (TPSA) is 237 Å². The number of nitrogens with two attached hydrogens (primary N) is 2. The fourth-order valence-electron chi connectivity index (χ4n) is 3.63. The second-order valence-electron chi connectivity index (χ2n) is 9.31. The zero-order valence-corrected chi connectivity index (χ0v) is 24.7. The molecule has 234 valence electrons. The number of phosphoric ester groups is 1. The van der Waals surface area contributed by atoms with Crippen molar-refractivity contribution < 1.29 is 47.4 Å². The van der Waals surface area contributed by atoms with Crippen LogP contribution in [0.15, 0.2) is 77.6 Å². The van der Waals surface area contributed by atoms with Crippen molar-refractivity contribution in [1.29, 1.82) is 0 Å². The van der Waals surface area contributed by atoms with Gasteiger partial charge in [-0.1, -0.05) is 35.5 Å². The van der Waals surface area contributed by atoms with Gasteiger partial charge in [-0.25, -0.2) is 18.6 Å². The van der Waals surface area contributed by atoms with Crippen molar-refractivity contribution in [3.63, 3.8) is 0 Å². The molecule has 0 fully saturated rings. The molecular formula is C28H34N6O9P+. The highest BCUT2D eigenvalue weighted by atomic mass is 31.2. The maximum atomic E-state index is 11.0. The molecule has 3 aromatic heterocycles. The number of carbonyl (C=O) groups excluding carboxylic acids is 1. The van der Waals surface area contributed by atoms with Crippen LogP contribution >= 0.6 is 7.82 Å². The summed E-state index contributed by atoms with van der Waals surface area (Å²) in [4.78, 5) is 42.6. The number of phosphoric acid groups is 1. The number of rotatable bonds is 13. The molecule has 1 atom stereocenters. The van der Waals surface area contributed by atoms with Crippen molar-refractivity contribution in [2.75, 3.05) is 12.8 Å². The van der Waals surface area contributed by atoms with Gasteiger partial charge in [0.15, 0.2) is 5.76 Å². The molecule has 1 aromatic carbocycles. The molecule has 8 N–H and O–H groups in total. The molecule has 0 aliphatic carbocycles. The van der Waals surface area contributed by atoms with Gasteiger partial charge >= 0.3 is 13.8 Å². The number of aromatic nitrogens is 3. The molecule has 0 saturated heterocycles. The van der Waals surface area contributed by atoms with Gasteiger partial charge < -0.3 is 35.2 Å². The molecule has 0 spiro atoms. The molecule has 4 rings (SSSR count). The minimum absolute atomic E-state index is 0.157. The molecule has 0 aliphatic rings.